The van der Waals surface area contributed by atoms with Gasteiger partial charge in [-0.2, -0.15) is 25.3 Å². The van der Waals surface area contributed by atoms with Crippen LogP contribution in [0.2, 0.25) is 0 Å². The Labute approximate surface area is 197 Å². The minimum Gasteiger partial charge on any atom is -0.357 e. The maximum absolute atomic E-state index is 12.5. The fraction of sp³-hybridized carbons (Fsp3) is 0.667. The number of nitrogens with zero attached hydrogens (tertiary/aromatic N) is 1. The van der Waals surface area contributed by atoms with Crippen LogP contribution in [0.25, 0.3) is 0 Å². The van der Waals surface area contributed by atoms with Crippen molar-refractivity contribution in [2.75, 3.05) is 38.2 Å². The highest BCUT2D eigenvalue weighted by atomic mass is 32.1. The molecule has 180 valence electrons. The quantitative estimate of drug-likeness (QED) is 0.151. The summed E-state index contributed by atoms with van der Waals surface area (Å²) in [6, 6.07) is -2.49. The smallest absolute Gasteiger partial charge is 0.243 e. The van der Waals surface area contributed by atoms with Gasteiger partial charge in [-0.1, -0.05) is 0 Å². The van der Waals surface area contributed by atoms with Crippen LogP contribution < -0.4 is 26.6 Å². The Kier molecular flexibility index (Phi) is 11.9. The number of carbonyl (C=O) groups excluding carboxylic acids is 6. The molecule has 0 aliphatic carbocycles. The molecule has 3 atom stereocenters. The molecule has 0 saturated carbocycles. The van der Waals surface area contributed by atoms with Crippen LogP contribution in [0.4, 0.5) is 0 Å². The van der Waals surface area contributed by atoms with Gasteiger partial charge < -0.3 is 31.5 Å². The van der Waals surface area contributed by atoms with Gasteiger partial charge in [-0.15, -0.1) is 0 Å². The number of thiol groups is 2. The maximum atomic E-state index is 12.5. The number of carbonyl (C=O) groups is 6. The standard InChI is InChI=1S/C18H30N6O6S2/c1-10(25)22-12(9-32)17(29)21-7-15(27)24-5-3-4-13(24)18(30)20-6-14(26)23-11(8-31)16(28)19-2/h11-13,31-32H,3-9H2,1-2H3,(H,19,28)(H,20,30)(H,21,29)(H,22,25)(H,23,26)/t11-,12-,13-/m0/s1. The third-order valence-corrected chi connectivity index (χ3v) is 5.40. The van der Waals surface area contributed by atoms with E-state index in [9.17, 15) is 28.8 Å². The molecule has 1 fully saturated rings. The number of rotatable bonds is 11. The van der Waals surface area contributed by atoms with Crippen molar-refractivity contribution in [3.05, 3.63) is 0 Å². The third-order valence-electron chi connectivity index (χ3n) is 4.67. The predicted octanol–water partition coefficient (Wildman–Crippen LogP) is -3.20. The zero-order valence-electron chi connectivity index (χ0n) is 18.0. The lowest BCUT2D eigenvalue weighted by Gasteiger charge is -2.24. The molecular weight excluding hydrogens is 460 g/mol. The average molecular weight is 491 g/mol. The van der Waals surface area contributed by atoms with Crippen molar-refractivity contribution < 1.29 is 28.8 Å². The molecule has 1 saturated heterocycles. The van der Waals surface area contributed by atoms with Crippen LogP contribution >= 0.6 is 25.3 Å². The zero-order chi connectivity index (χ0) is 24.3. The van der Waals surface area contributed by atoms with Gasteiger partial charge in [0.15, 0.2) is 0 Å². The predicted molar refractivity (Wildman–Crippen MR) is 122 cm³/mol. The number of hydrogen-bond acceptors (Lipinski definition) is 8. The van der Waals surface area contributed by atoms with Crippen LogP contribution in [-0.4, -0.2) is 96.7 Å². The number of amides is 6. The van der Waals surface area contributed by atoms with Gasteiger partial charge in [-0.05, 0) is 12.8 Å². The van der Waals surface area contributed by atoms with Crippen molar-refractivity contribution in [2.45, 2.75) is 37.9 Å². The fourth-order valence-corrected chi connectivity index (χ4v) is 3.58. The van der Waals surface area contributed by atoms with Gasteiger partial charge in [0, 0.05) is 32.0 Å². The van der Waals surface area contributed by atoms with Crippen LogP contribution in [0.15, 0.2) is 0 Å². The average Bonchev–Trinajstić information content (AvgIpc) is 3.26. The second-order valence-corrected chi connectivity index (χ2v) is 7.76. The van der Waals surface area contributed by atoms with Crippen LogP contribution in [0, 0.1) is 0 Å². The van der Waals surface area contributed by atoms with E-state index in [4.69, 9.17) is 0 Å². The second-order valence-electron chi connectivity index (χ2n) is 7.03. The molecule has 1 rings (SSSR count). The number of hydrogen-bond donors (Lipinski definition) is 7. The Hall–Kier alpha value is -2.48. The third kappa shape index (κ3) is 8.57. The Bertz CT molecular complexity index is 737. The largest absolute Gasteiger partial charge is 0.357 e. The number of nitrogens with one attached hydrogen (secondary N) is 5. The molecule has 1 aliphatic heterocycles. The summed E-state index contributed by atoms with van der Waals surface area (Å²) < 4.78 is 0. The molecule has 32 heavy (non-hydrogen) atoms. The van der Waals surface area contributed by atoms with Gasteiger partial charge in [0.2, 0.25) is 35.4 Å². The van der Waals surface area contributed by atoms with Crippen molar-refractivity contribution in [2.24, 2.45) is 0 Å². The van der Waals surface area contributed by atoms with Crippen LogP contribution in [0.1, 0.15) is 19.8 Å². The molecule has 0 bridgehead atoms. The summed E-state index contributed by atoms with van der Waals surface area (Å²) in [6.45, 7) is 0.886. The number of likely N-dealkylation sites (tertiary alicyclic amines) is 1. The molecule has 1 aliphatic rings. The van der Waals surface area contributed by atoms with E-state index in [2.05, 4.69) is 51.8 Å². The highest BCUT2D eigenvalue weighted by Gasteiger charge is 2.34. The molecule has 12 nitrogen and oxygen atoms in total. The minimum absolute atomic E-state index is 0.0599. The summed E-state index contributed by atoms with van der Waals surface area (Å²) >= 11 is 8.01. The zero-order valence-corrected chi connectivity index (χ0v) is 19.8. The lowest BCUT2D eigenvalue weighted by molar-refractivity contribution is -0.139. The van der Waals surface area contributed by atoms with Crippen molar-refractivity contribution in [1.82, 2.24) is 31.5 Å². The van der Waals surface area contributed by atoms with Crippen molar-refractivity contribution in [1.29, 1.82) is 0 Å². The van der Waals surface area contributed by atoms with E-state index in [-0.39, 0.29) is 24.6 Å². The van der Waals surface area contributed by atoms with Crippen LogP contribution in [-0.2, 0) is 28.8 Å². The van der Waals surface area contributed by atoms with Crippen molar-refractivity contribution >= 4 is 60.7 Å². The van der Waals surface area contributed by atoms with E-state index < -0.39 is 53.6 Å². The molecule has 0 unspecified atom stereocenters. The van der Waals surface area contributed by atoms with Gasteiger partial charge >= 0.3 is 0 Å². The van der Waals surface area contributed by atoms with E-state index in [0.717, 1.165) is 0 Å². The summed E-state index contributed by atoms with van der Waals surface area (Å²) in [6.07, 6.45) is 1.00. The van der Waals surface area contributed by atoms with Crippen LogP contribution in [0.3, 0.4) is 0 Å². The topological polar surface area (TPSA) is 166 Å². The summed E-state index contributed by atoms with van der Waals surface area (Å²) in [7, 11) is 1.43. The molecule has 5 N–H and O–H groups in total. The van der Waals surface area contributed by atoms with E-state index in [1.54, 1.807) is 0 Å². The summed E-state index contributed by atoms with van der Waals surface area (Å²) in [5.74, 6) is -2.76. The number of likely N-dealkylation sites (N-methyl/N-ethyl adjacent to an activating group) is 1. The first-order chi connectivity index (χ1) is 15.1. The van der Waals surface area contributed by atoms with E-state index >= 15 is 0 Å². The van der Waals surface area contributed by atoms with Gasteiger partial charge in [0.1, 0.15) is 18.1 Å². The fourth-order valence-electron chi connectivity index (χ4n) is 3.06. The van der Waals surface area contributed by atoms with Crippen LogP contribution in [0.5, 0.6) is 0 Å². The lowest BCUT2D eigenvalue weighted by atomic mass is 10.2. The van der Waals surface area contributed by atoms with Gasteiger partial charge in [-0.25, -0.2) is 0 Å². The first kappa shape index (κ1) is 27.6. The highest BCUT2D eigenvalue weighted by Crippen LogP contribution is 2.17. The molecule has 6 amide bonds. The van der Waals surface area contributed by atoms with Crippen molar-refractivity contribution in [3.63, 3.8) is 0 Å². The van der Waals surface area contributed by atoms with Gasteiger partial charge in [0.25, 0.3) is 0 Å². The van der Waals surface area contributed by atoms with Crippen molar-refractivity contribution in [3.8, 4) is 0 Å². The molecular formula is C18H30N6O6S2. The molecule has 0 spiro atoms. The maximum Gasteiger partial charge on any atom is 0.243 e. The van der Waals surface area contributed by atoms with E-state index in [1.165, 1.54) is 18.9 Å². The normalized spacial score (nSPS) is 17.0. The summed E-state index contributed by atoms with van der Waals surface area (Å²) in [4.78, 5) is 73.2. The highest BCUT2D eigenvalue weighted by molar-refractivity contribution is 7.80. The SMILES string of the molecule is CNC(=O)[C@H](CS)NC(=O)CNC(=O)[C@@H]1CCCN1C(=O)CNC(=O)[C@H](CS)NC(C)=O. The Balaban J connectivity index is 2.55. The van der Waals surface area contributed by atoms with E-state index in [1.807, 2.05) is 0 Å². The van der Waals surface area contributed by atoms with Gasteiger partial charge in [0.05, 0.1) is 13.1 Å². The Morgan fingerprint density at radius 3 is 2.12 bits per heavy atom. The lowest BCUT2D eigenvalue weighted by Crippen LogP contribution is -2.53. The molecule has 0 aromatic heterocycles. The first-order valence-electron chi connectivity index (χ1n) is 9.99. The first-order valence-corrected chi connectivity index (χ1v) is 11.3. The molecule has 1 heterocycles. The van der Waals surface area contributed by atoms with E-state index in [0.29, 0.717) is 19.4 Å². The summed E-state index contributed by atoms with van der Waals surface area (Å²) in [5, 5.41) is 12.2. The second kappa shape index (κ2) is 13.8. The minimum atomic E-state index is -0.879. The summed E-state index contributed by atoms with van der Waals surface area (Å²) in [5.41, 5.74) is 0. The molecule has 0 aromatic rings. The van der Waals surface area contributed by atoms with Gasteiger partial charge in [-0.3, -0.25) is 28.8 Å². The Morgan fingerprint density at radius 2 is 1.56 bits per heavy atom. The molecule has 0 radical (unpaired) electrons. The molecule has 0 aromatic carbocycles. The monoisotopic (exact) mass is 490 g/mol. The molecule has 14 heteroatoms. The Morgan fingerprint density at radius 1 is 0.938 bits per heavy atom.